The van der Waals surface area contributed by atoms with E-state index in [1.165, 1.54) is 6.07 Å². The second kappa shape index (κ2) is 11.3. The van der Waals surface area contributed by atoms with E-state index in [1.54, 1.807) is 37.3 Å². The molecule has 0 radical (unpaired) electrons. The number of fused-ring (bicyclic) bond motifs is 5. The van der Waals surface area contributed by atoms with E-state index in [-0.39, 0.29) is 37.4 Å². The maximum Gasteiger partial charge on any atom is 0.385 e. The molecule has 1 aromatic heterocycles. The normalized spacial score (nSPS) is 19.8. The predicted octanol–water partition coefficient (Wildman–Crippen LogP) is 4.78. The number of aryl methyl sites for hydroxylation is 2. The first-order valence-corrected chi connectivity index (χ1v) is 15.3. The number of hydrogen-bond acceptors (Lipinski definition) is 8. The Labute approximate surface area is 243 Å². The van der Waals surface area contributed by atoms with Gasteiger partial charge in [0.25, 0.3) is 0 Å². The second-order valence-corrected chi connectivity index (χ2v) is 12.0. The highest BCUT2D eigenvalue weighted by atomic mass is 32.2. The van der Waals surface area contributed by atoms with Gasteiger partial charge in [0, 0.05) is 36.7 Å². The molecule has 7 rings (SSSR count). The van der Waals surface area contributed by atoms with Gasteiger partial charge in [0.05, 0.1) is 25.2 Å². The zero-order valence-electron chi connectivity index (χ0n) is 23.4. The lowest BCUT2D eigenvalue weighted by Gasteiger charge is -2.28. The van der Waals surface area contributed by atoms with Crippen molar-refractivity contribution in [1.29, 1.82) is 0 Å². The Bertz CT molecular complexity index is 1770. The monoisotopic (exact) mass is 594 g/mol. The van der Waals surface area contributed by atoms with Gasteiger partial charge >= 0.3 is 16.3 Å². The number of carbonyl (C=O) groups excluding carboxylic acids is 1. The van der Waals surface area contributed by atoms with Gasteiger partial charge in [0.15, 0.2) is 0 Å². The molecule has 3 aromatic carbocycles. The first-order valence-electron chi connectivity index (χ1n) is 14.0. The van der Waals surface area contributed by atoms with Gasteiger partial charge in [0.1, 0.15) is 22.8 Å². The van der Waals surface area contributed by atoms with Gasteiger partial charge in [-0.3, -0.25) is 4.79 Å². The van der Waals surface area contributed by atoms with E-state index in [9.17, 15) is 13.2 Å². The molecule has 4 heterocycles. The van der Waals surface area contributed by atoms with Gasteiger partial charge in [-0.05, 0) is 73.7 Å². The smallest absolute Gasteiger partial charge is 0.385 e. The summed E-state index contributed by atoms with van der Waals surface area (Å²) in [5, 5.41) is 8.83. The van der Waals surface area contributed by atoms with Crippen molar-refractivity contribution in [2.75, 3.05) is 13.2 Å². The molecule has 0 aliphatic carbocycles. The molecule has 3 aliphatic rings. The van der Waals surface area contributed by atoms with Gasteiger partial charge in [-0.2, -0.15) is 12.7 Å². The van der Waals surface area contributed by atoms with Crippen molar-refractivity contribution < 1.29 is 31.3 Å². The van der Waals surface area contributed by atoms with Crippen LogP contribution in [0.1, 0.15) is 59.9 Å². The van der Waals surface area contributed by atoms with Crippen LogP contribution in [0.5, 0.6) is 11.5 Å². The summed E-state index contributed by atoms with van der Waals surface area (Å²) in [6, 6.07) is 13.4. The average Bonchev–Trinajstić information content (AvgIpc) is 3.37. The fourth-order valence-corrected chi connectivity index (χ4v) is 6.71. The molecule has 0 fully saturated rings. The van der Waals surface area contributed by atoms with Crippen LogP contribution in [0.2, 0.25) is 0 Å². The summed E-state index contributed by atoms with van der Waals surface area (Å²) < 4.78 is 60.8. The van der Waals surface area contributed by atoms with Crippen LogP contribution in [0, 0.1) is 12.7 Å². The number of esters is 1. The van der Waals surface area contributed by atoms with E-state index < -0.39 is 28.0 Å². The van der Waals surface area contributed by atoms with Crippen molar-refractivity contribution in [1.82, 2.24) is 19.3 Å². The third-order valence-corrected chi connectivity index (χ3v) is 9.06. The maximum absolute atomic E-state index is 15.2. The minimum atomic E-state index is -4.18. The fraction of sp³-hybridized carbons (Fsp3) is 0.367. The largest absolute Gasteiger partial charge is 0.494 e. The second-order valence-electron chi connectivity index (χ2n) is 10.5. The Kier molecular flexibility index (Phi) is 7.58. The Morgan fingerprint density at radius 1 is 1.10 bits per heavy atom. The number of aromatic nitrogens is 3. The van der Waals surface area contributed by atoms with E-state index in [2.05, 4.69) is 10.3 Å². The molecule has 220 valence electrons. The molecular formula is C30H31FN4O6S. The van der Waals surface area contributed by atoms with Crippen molar-refractivity contribution in [3.8, 4) is 11.5 Å². The topological polar surface area (TPSA) is 113 Å². The molecule has 0 amide bonds. The van der Waals surface area contributed by atoms with Crippen LogP contribution >= 0.6 is 0 Å². The lowest BCUT2D eigenvalue weighted by molar-refractivity contribution is -0.143. The quantitative estimate of drug-likeness (QED) is 0.312. The molecule has 42 heavy (non-hydrogen) atoms. The van der Waals surface area contributed by atoms with Crippen LogP contribution in [0.3, 0.4) is 0 Å². The van der Waals surface area contributed by atoms with Crippen molar-refractivity contribution in [3.63, 3.8) is 0 Å². The third-order valence-electron chi connectivity index (χ3n) is 7.78. The molecule has 0 spiro atoms. The molecule has 4 aromatic rings. The van der Waals surface area contributed by atoms with Crippen LogP contribution < -0.4 is 8.92 Å². The van der Waals surface area contributed by atoms with E-state index >= 15 is 4.39 Å². The molecular weight excluding hydrogens is 563 g/mol. The minimum Gasteiger partial charge on any atom is -0.494 e. The summed E-state index contributed by atoms with van der Waals surface area (Å²) >= 11 is 0. The SMILES string of the molecule is CCOC(=O)CC1c2ccc(F)c(c2)CN2Cc3cc(ccc3OS2(=O)=O)OCCCCn2nnc3c(C)c1ccc32. The number of halogens is 1. The first kappa shape index (κ1) is 28.1. The summed E-state index contributed by atoms with van der Waals surface area (Å²) in [7, 11) is -4.18. The number of rotatable bonds is 3. The summed E-state index contributed by atoms with van der Waals surface area (Å²) in [4.78, 5) is 12.8. The van der Waals surface area contributed by atoms with Gasteiger partial charge in [-0.25, -0.2) is 9.07 Å². The van der Waals surface area contributed by atoms with E-state index in [0.29, 0.717) is 30.0 Å². The fourth-order valence-electron chi connectivity index (χ4n) is 5.62. The highest BCUT2D eigenvalue weighted by Crippen LogP contribution is 2.36. The Balaban J connectivity index is 1.47. The predicted molar refractivity (Wildman–Crippen MR) is 152 cm³/mol. The lowest BCUT2D eigenvalue weighted by Crippen LogP contribution is -2.37. The average molecular weight is 595 g/mol. The van der Waals surface area contributed by atoms with E-state index in [1.807, 2.05) is 23.7 Å². The maximum atomic E-state index is 15.2. The highest BCUT2D eigenvalue weighted by molar-refractivity contribution is 7.84. The summed E-state index contributed by atoms with van der Waals surface area (Å²) in [6.45, 7) is 4.75. The number of benzene rings is 3. The van der Waals surface area contributed by atoms with Gasteiger partial charge in [-0.15, -0.1) is 5.10 Å². The van der Waals surface area contributed by atoms with Crippen LogP contribution in [-0.2, 0) is 39.5 Å². The number of nitrogens with zero attached hydrogens (tertiary/aromatic N) is 4. The molecule has 12 heteroatoms. The summed E-state index contributed by atoms with van der Waals surface area (Å²) in [5.74, 6) is -0.636. The number of carbonyl (C=O) groups is 1. The third kappa shape index (κ3) is 5.43. The Morgan fingerprint density at radius 2 is 1.93 bits per heavy atom. The number of ether oxygens (including phenoxy) is 2. The molecule has 0 saturated carbocycles. The summed E-state index contributed by atoms with van der Waals surface area (Å²) in [5.41, 5.74) is 4.71. The van der Waals surface area contributed by atoms with Crippen LogP contribution in [0.4, 0.5) is 4.39 Å². The van der Waals surface area contributed by atoms with Crippen LogP contribution in [0.15, 0.2) is 48.5 Å². The van der Waals surface area contributed by atoms with E-state index in [0.717, 1.165) is 39.3 Å². The Hall–Kier alpha value is -4.03. The molecule has 9 bridgehead atoms. The van der Waals surface area contributed by atoms with Gasteiger partial charge < -0.3 is 13.7 Å². The van der Waals surface area contributed by atoms with Crippen LogP contribution in [-0.4, -0.2) is 46.9 Å². The van der Waals surface area contributed by atoms with Gasteiger partial charge in [0.2, 0.25) is 0 Å². The molecule has 3 aliphatic heterocycles. The minimum absolute atomic E-state index is 0.00725. The number of hydrogen-bond donors (Lipinski definition) is 0. The van der Waals surface area contributed by atoms with Crippen molar-refractivity contribution in [2.24, 2.45) is 0 Å². The van der Waals surface area contributed by atoms with Gasteiger partial charge in [-0.1, -0.05) is 23.4 Å². The summed E-state index contributed by atoms with van der Waals surface area (Å²) in [6.07, 6.45) is 1.59. The molecule has 10 nitrogen and oxygen atoms in total. The molecule has 0 N–H and O–H groups in total. The highest BCUT2D eigenvalue weighted by Gasteiger charge is 2.33. The first-order chi connectivity index (χ1) is 20.2. The lowest BCUT2D eigenvalue weighted by atomic mass is 9.85. The Morgan fingerprint density at radius 3 is 2.76 bits per heavy atom. The van der Waals surface area contributed by atoms with Crippen molar-refractivity contribution in [2.45, 2.75) is 58.7 Å². The van der Waals surface area contributed by atoms with Crippen molar-refractivity contribution >= 4 is 27.3 Å². The van der Waals surface area contributed by atoms with E-state index in [4.69, 9.17) is 13.7 Å². The van der Waals surface area contributed by atoms with Crippen molar-refractivity contribution in [3.05, 3.63) is 82.2 Å². The molecule has 2 unspecified atom stereocenters. The zero-order chi connectivity index (χ0) is 29.4. The standard InChI is InChI=1S/C30H31FN4O6S/c1-3-39-29(36)16-25-20-6-9-26(31)21(14-20)17-34-18-22-15-23(7-11-28(22)41-42(34,37)38)40-13-5-4-12-35-27-10-8-24(25)19(2)30(27)32-33-35/h6-11,14-15,25H,3-5,12-13,16-18H2,1-2H3. The molecule has 0 saturated heterocycles. The zero-order valence-corrected chi connectivity index (χ0v) is 24.2. The molecule has 2 atom stereocenters. The van der Waals surface area contributed by atoms with Crippen LogP contribution in [0.25, 0.3) is 11.0 Å².